The lowest BCUT2D eigenvalue weighted by Crippen LogP contribution is -2.20. The second kappa shape index (κ2) is 10.5. The van der Waals surface area contributed by atoms with Gasteiger partial charge in [0, 0.05) is 12.0 Å². The first-order chi connectivity index (χ1) is 15.6. The summed E-state index contributed by atoms with van der Waals surface area (Å²) in [5.41, 5.74) is 3.35. The van der Waals surface area contributed by atoms with Gasteiger partial charge in [0.2, 0.25) is 6.10 Å². The van der Waals surface area contributed by atoms with E-state index in [0.29, 0.717) is 30.4 Å². The maximum absolute atomic E-state index is 11.8. The molecule has 2 aromatic rings. The van der Waals surface area contributed by atoms with Crippen molar-refractivity contribution in [3.8, 4) is 11.5 Å². The third-order valence-corrected chi connectivity index (χ3v) is 6.09. The fraction of sp³-hybridized carbons (Fsp3) is 0.462. The summed E-state index contributed by atoms with van der Waals surface area (Å²) in [6.45, 7) is 3.26. The summed E-state index contributed by atoms with van der Waals surface area (Å²) in [5.74, 6) is 1.86. The Kier molecular flexibility index (Phi) is 7.30. The Bertz CT molecular complexity index is 951. The molecule has 1 N–H and O–H groups in total. The number of amides is 2. The maximum Gasteiger partial charge on any atom is 0.415 e. The molecule has 1 aliphatic heterocycles. The maximum atomic E-state index is 11.8. The van der Waals surface area contributed by atoms with Crippen LogP contribution in [0.25, 0.3) is 0 Å². The third-order valence-electron chi connectivity index (χ3n) is 6.09. The number of aryl methyl sites for hydroxylation is 1. The van der Waals surface area contributed by atoms with Crippen molar-refractivity contribution in [2.24, 2.45) is 0 Å². The molecule has 0 unspecified atom stereocenters. The Balaban J connectivity index is 1.27. The van der Waals surface area contributed by atoms with Gasteiger partial charge >= 0.3 is 6.09 Å². The van der Waals surface area contributed by atoms with Gasteiger partial charge in [-0.15, -0.1) is 0 Å². The molecule has 1 atom stereocenters. The first kappa shape index (κ1) is 22.2. The highest BCUT2D eigenvalue weighted by atomic mass is 16.6. The number of carbonyl (C=O) groups excluding carboxylic acids is 2. The molecule has 170 valence electrons. The van der Waals surface area contributed by atoms with Crippen molar-refractivity contribution in [3.63, 3.8) is 0 Å². The number of ether oxygens (including phenoxy) is 3. The zero-order valence-electron chi connectivity index (χ0n) is 18.6. The summed E-state index contributed by atoms with van der Waals surface area (Å²) in [7, 11) is 0. The molecule has 32 heavy (non-hydrogen) atoms. The molecule has 2 aromatic carbocycles. The van der Waals surface area contributed by atoms with Crippen molar-refractivity contribution in [1.82, 2.24) is 5.32 Å². The highest BCUT2D eigenvalue weighted by Gasteiger charge is 2.33. The molecular formula is C26H31NO5. The molecule has 2 amide bonds. The van der Waals surface area contributed by atoms with E-state index in [0.717, 1.165) is 25.0 Å². The highest BCUT2D eigenvalue weighted by molar-refractivity contribution is 6.00. The number of carbonyl (C=O) groups is 2. The van der Waals surface area contributed by atoms with Gasteiger partial charge in [-0.2, -0.15) is 0 Å². The number of cyclic esters (lactones) is 1. The zero-order chi connectivity index (χ0) is 22.3. The van der Waals surface area contributed by atoms with Crippen LogP contribution in [0, 0.1) is 0 Å². The van der Waals surface area contributed by atoms with Crippen molar-refractivity contribution in [2.75, 3.05) is 13.2 Å². The largest absolute Gasteiger partial charge is 0.493 e. The Morgan fingerprint density at radius 1 is 1.00 bits per heavy atom. The predicted octanol–water partition coefficient (Wildman–Crippen LogP) is 5.45. The van der Waals surface area contributed by atoms with Gasteiger partial charge in [-0.25, -0.2) is 4.79 Å². The summed E-state index contributed by atoms with van der Waals surface area (Å²) in [6.07, 6.45) is 6.51. The first-order valence-corrected chi connectivity index (χ1v) is 11.6. The van der Waals surface area contributed by atoms with Crippen LogP contribution in [0.2, 0.25) is 0 Å². The summed E-state index contributed by atoms with van der Waals surface area (Å²) in [6, 6.07) is 13.8. The lowest BCUT2D eigenvalue weighted by molar-refractivity contribution is -0.123. The summed E-state index contributed by atoms with van der Waals surface area (Å²) >= 11 is 0. The van der Waals surface area contributed by atoms with Gasteiger partial charge in [-0.3, -0.25) is 10.1 Å². The number of hydrogen-bond donors (Lipinski definition) is 1. The van der Waals surface area contributed by atoms with E-state index in [1.807, 2.05) is 6.07 Å². The lowest BCUT2D eigenvalue weighted by Gasteiger charge is -2.16. The highest BCUT2D eigenvalue weighted by Crippen LogP contribution is 2.36. The molecule has 6 nitrogen and oxygen atoms in total. The van der Waals surface area contributed by atoms with Crippen LogP contribution in [-0.2, 0) is 16.0 Å². The quantitative estimate of drug-likeness (QED) is 0.500. The Morgan fingerprint density at radius 2 is 1.81 bits per heavy atom. The van der Waals surface area contributed by atoms with Gasteiger partial charge < -0.3 is 14.2 Å². The van der Waals surface area contributed by atoms with Gasteiger partial charge in [-0.05, 0) is 54.5 Å². The van der Waals surface area contributed by atoms with Crippen LogP contribution in [0.4, 0.5) is 4.79 Å². The van der Waals surface area contributed by atoms with Crippen LogP contribution in [-0.4, -0.2) is 25.2 Å². The number of nitrogens with one attached hydrogen (secondary N) is 1. The van der Waals surface area contributed by atoms with Crippen molar-refractivity contribution >= 4 is 12.0 Å². The number of imide groups is 1. The molecule has 0 aromatic heterocycles. The van der Waals surface area contributed by atoms with Gasteiger partial charge in [-0.1, -0.05) is 50.5 Å². The van der Waals surface area contributed by atoms with Crippen LogP contribution < -0.4 is 14.8 Å². The van der Waals surface area contributed by atoms with Crippen LogP contribution >= 0.6 is 0 Å². The lowest BCUT2D eigenvalue weighted by atomic mass is 9.94. The van der Waals surface area contributed by atoms with Crippen molar-refractivity contribution in [1.29, 1.82) is 0 Å². The molecular weight excluding hydrogens is 406 g/mol. The molecule has 0 spiro atoms. The molecule has 2 fully saturated rings. The van der Waals surface area contributed by atoms with E-state index in [1.54, 1.807) is 18.2 Å². The normalized spacial score (nSPS) is 18.5. The molecule has 0 radical (unpaired) electrons. The third kappa shape index (κ3) is 5.42. The molecule has 1 saturated heterocycles. The minimum absolute atomic E-state index is 0.456. The molecule has 1 heterocycles. The second-order valence-electron chi connectivity index (χ2n) is 8.50. The number of alkyl carbamates (subject to hydrolysis) is 1. The topological polar surface area (TPSA) is 73.9 Å². The van der Waals surface area contributed by atoms with Gasteiger partial charge in [0.25, 0.3) is 5.91 Å². The van der Waals surface area contributed by atoms with Crippen molar-refractivity contribution in [3.05, 3.63) is 59.2 Å². The summed E-state index contributed by atoms with van der Waals surface area (Å²) in [5, 5.41) is 2.14. The van der Waals surface area contributed by atoms with E-state index >= 15 is 0 Å². The Hall–Kier alpha value is -3.02. The van der Waals surface area contributed by atoms with E-state index in [4.69, 9.17) is 14.2 Å². The van der Waals surface area contributed by atoms with Crippen molar-refractivity contribution in [2.45, 2.75) is 63.9 Å². The predicted molar refractivity (Wildman–Crippen MR) is 121 cm³/mol. The van der Waals surface area contributed by atoms with Crippen LogP contribution in [0.3, 0.4) is 0 Å². The van der Waals surface area contributed by atoms with E-state index < -0.39 is 18.1 Å². The minimum atomic E-state index is -0.918. The molecule has 4 rings (SSSR count). The standard InChI is InChI=1S/C26H31NO5/c1-2-7-20-16-19(18-8-3-4-9-18)12-13-23(20)31-15-6-14-30-22-11-5-10-21(17-22)24-25(28)27-26(29)32-24/h5,10-13,16-18,24H,2-4,6-9,14-15H2,1H3,(H,27,28,29)/t24-/m1/s1. The van der Waals surface area contributed by atoms with Gasteiger partial charge in [0.15, 0.2) is 0 Å². The van der Waals surface area contributed by atoms with Gasteiger partial charge in [0.1, 0.15) is 11.5 Å². The summed E-state index contributed by atoms with van der Waals surface area (Å²) in [4.78, 5) is 23.0. The van der Waals surface area contributed by atoms with Crippen LogP contribution in [0.1, 0.15) is 74.2 Å². The first-order valence-electron chi connectivity index (χ1n) is 11.6. The Labute approximate surface area is 189 Å². The molecule has 0 bridgehead atoms. The van der Waals surface area contributed by atoms with E-state index in [2.05, 4.69) is 30.4 Å². The minimum Gasteiger partial charge on any atom is -0.493 e. The monoisotopic (exact) mass is 437 g/mol. The molecule has 1 aliphatic carbocycles. The zero-order valence-corrected chi connectivity index (χ0v) is 18.6. The van der Waals surface area contributed by atoms with Crippen molar-refractivity contribution < 1.29 is 23.8 Å². The van der Waals surface area contributed by atoms with Crippen LogP contribution in [0.15, 0.2) is 42.5 Å². The smallest absolute Gasteiger partial charge is 0.415 e. The second-order valence-corrected chi connectivity index (χ2v) is 8.50. The van der Waals surface area contributed by atoms with E-state index in [9.17, 15) is 9.59 Å². The number of rotatable bonds is 10. The van der Waals surface area contributed by atoms with Gasteiger partial charge in [0.05, 0.1) is 13.2 Å². The Morgan fingerprint density at radius 3 is 2.56 bits per heavy atom. The average molecular weight is 438 g/mol. The average Bonchev–Trinajstić information content (AvgIpc) is 3.44. The van der Waals surface area contributed by atoms with E-state index in [1.165, 1.54) is 36.8 Å². The fourth-order valence-corrected chi connectivity index (χ4v) is 4.49. The molecule has 6 heteroatoms. The number of hydrogen-bond acceptors (Lipinski definition) is 5. The molecule has 1 saturated carbocycles. The molecule has 2 aliphatic rings. The fourth-order valence-electron chi connectivity index (χ4n) is 4.49. The van der Waals surface area contributed by atoms with E-state index in [-0.39, 0.29) is 0 Å². The SMILES string of the molecule is CCCc1cc(C2CCCC2)ccc1OCCCOc1cccc([C@H]2OC(=O)NC2=O)c1. The summed E-state index contributed by atoms with van der Waals surface area (Å²) < 4.78 is 16.9. The van der Waals surface area contributed by atoms with Crippen LogP contribution in [0.5, 0.6) is 11.5 Å². The number of benzene rings is 2.